The number of benzene rings is 1. The number of ketones is 1. The standard InChI is InChI=1S/C25H32N2O5/c1-17(28)18-7-6-12-26(16-18)22(29)14-25(19-8-5-11-21(13-19)32-2)15-23(30)27(24(25)31)20-9-3-4-10-20/h5,8,11,13,18,20H,3-4,6-7,9-10,12,14-16H2,1-2H3/t18-,25-/m0/s1. The van der Waals surface area contributed by atoms with Crippen LogP contribution in [-0.4, -0.2) is 59.5 Å². The summed E-state index contributed by atoms with van der Waals surface area (Å²) in [4.78, 5) is 55.4. The minimum atomic E-state index is -1.23. The number of nitrogens with zero attached hydrogens (tertiary/aromatic N) is 2. The number of piperidine rings is 1. The van der Waals surface area contributed by atoms with Crippen molar-refractivity contribution < 1.29 is 23.9 Å². The number of amides is 3. The fourth-order valence-corrected chi connectivity index (χ4v) is 5.59. The number of Topliss-reactive ketones (excluding diaryl/α,β-unsaturated/α-hetero) is 1. The summed E-state index contributed by atoms with van der Waals surface area (Å²) in [7, 11) is 1.55. The molecular weight excluding hydrogens is 408 g/mol. The van der Waals surface area contributed by atoms with Crippen molar-refractivity contribution in [1.29, 1.82) is 0 Å². The van der Waals surface area contributed by atoms with Crippen molar-refractivity contribution in [2.45, 2.75) is 69.7 Å². The first kappa shape index (κ1) is 22.5. The molecule has 1 aliphatic carbocycles. The number of imide groups is 1. The first-order valence-corrected chi connectivity index (χ1v) is 11.6. The molecule has 3 amide bonds. The van der Waals surface area contributed by atoms with Crippen molar-refractivity contribution in [3.8, 4) is 5.75 Å². The molecule has 1 saturated carbocycles. The lowest BCUT2D eigenvalue weighted by Gasteiger charge is -2.35. The highest BCUT2D eigenvalue weighted by atomic mass is 16.5. The van der Waals surface area contributed by atoms with Crippen LogP contribution in [0.5, 0.6) is 5.75 Å². The van der Waals surface area contributed by atoms with Crippen molar-refractivity contribution in [3.63, 3.8) is 0 Å². The summed E-state index contributed by atoms with van der Waals surface area (Å²) < 4.78 is 5.37. The van der Waals surface area contributed by atoms with Crippen LogP contribution in [0.3, 0.4) is 0 Å². The van der Waals surface area contributed by atoms with Crippen LogP contribution in [0.15, 0.2) is 24.3 Å². The van der Waals surface area contributed by atoms with Gasteiger partial charge in [0.15, 0.2) is 0 Å². The van der Waals surface area contributed by atoms with Crippen LogP contribution in [0.4, 0.5) is 0 Å². The lowest BCUT2D eigenvalue weighted by Crippen LogP contribution is -2.48. The molecule has 2 aliphatic heterocycles. The van der Waals surface area contributed by atoms with Gasteiger partial charge in [-0.15, -0.1) is 0 Å². The van der Waals surface area contributed by atoms with Gasteiger partial charge >= 0.3 is 0 Å². The van der Waals surface area contributed by atoms with Gasteiger partial charge in [0.2, 0.25) is 17.7 Å². The zero-order chi connectivity index (χ0) is 22.9. The molecule has 0 N–H and O–H groups in total. The lowest BCUT2D eigenvalue weighted by molar-refractivity contribution is -0.145. The van der Waals surface area contributed by atoms with Gasteiger partial charge in [-0.1, -0.05) is 25.0 Å². The van der Waals surface area contributed by atoms with E-state index in [9.17, 15) is 19.2 Å². The quantitative estimate of drug-likeness (QED) is 0.635. The molecule has 0 radical (unpaired) electrons. The van der Waals surface area contributed by atoms with Crippen LogP contribution in [0.2, 0.25) is 0 Å². The molecule has 2 atom stereocenters. The van der Waals surface area contributed by atoms with Gasteiger partial charge in [-0.2, -0.15) is 0 Å². The highest BCUT2D eigenvalue weighted by molar-refractivity contribution is 6.11. The van der Waals surface area contributed by atoms with Crippen molar-refractivity contribution >= 4 is 23.5 Å². The number of carbonyl (C=O) groups is 4. The summed E-state index contributed by atoms with van der Waals surface area (Å²) in [5.41, 5.74) is -0.585. The molecule has 32 heavy (non-hydrogen) atoms. The molecule has 0 unspecified atom stereocenters. The van der Waals surface area contributed by atoms with Crippen molar-refractivity contribution in [2.24, 2.45) is 5.92 Å². The van der Waals surface area contributed by atoms with E-state index in [0.717, 1.165) is 38.5 Å². The van der Waals surface area contributed by atoms with Crippen LogP contribution in [0.1, 0.15) is 63.9 Å². The molecule has 0 spiro atoms. The van der Waals surface area contributed by atoms with Crippen LogP contribution in [0, 0.1) is 5.92 Å². The van der Waals surface area contributed by atoms with Gasteiger partial charge in [-0.05, 0) is 50.3 Å². The Morgan fingerprint density at radius 3 is 2.56 bits per heavy atom. The summed E-state index contributed by atoms with van der Waals surface area (Å²) in [6.07, 6.45) is 5.14. The first-order valence-electron chi connectivity index (χ1n) is 11.6. The van der Waals surface area contributed by atoms with E-state index in [1.807, 2.05) is 6.07 Å². The number of likely N-dealkylation sites (tertiary alicyclic amines) is 2. The fourth-order valence-electron chi connectivity index (χ4n) is 5.59. The van der Waals surface area contributed by atoms with Crippen molar-refractivity contribution in [2.75, 3.05) is 20.2 Å². The number of ether oxygens (including phenoxy) is 1. The van der Waals surface area contributed by atoms with Gasteiger partial charge in [0.25, 0.3) is 0 Å². The highest BCUT2D eigenvalue weighted by Gasteiger charge is 2.56. The van der Waals surface area contributed by atoms with E-state index >= 15 is 0 Å². The molecule has 3 fully saturated rings. The Morgan fingerprint density at radius 1 is 1.12 bits per heavy atom. The second-order valence-corrected chi connectivity index (χ2v) is 9.46. The Kier molecular flexibility index (Phi) is 6.35. The molecule has 2 saturated heterocycles. The molecular formula is C25H32N2O5. The third-order valence-corrected chi connectivity index (χ3v) is 7.46. The molecule has 0 bridgehead atoms. The minimum absolute atomic E-state index is 0.00871. The van der Waals surface area contributed by atoms with Gasteiger partial charge in [-0.25, -0.2) is 0 Å². The summed E-state index contributed by atoms with van der Waals surface area (Å²) in [6, 6.07) is 7.09. The smallest absolute Gasteiger partial charge is 0.241 e. The first-order chi connectivity index (χ1) is 15.4. The Labute approximate surface area is 189 Å². The zero-order valence-electron chi connectivity index (χ0n) is 19.0. The Balaban J connectivity index is 1.67. The zero-order valence-corrected chi connectivity index (χ0v) is 19.0. The molecule has 172 valence electrons. The number of hydrogen-bond donors (Lipinski definition) is 0. The maximum Gasteiger partial charge on any atom is 0.241 e. The third kappa shape index (κ3) is 4.05. The van der Waals surface area contributed by atoms with Crippen LogP contribution >= 0.6 is 0 Å². The summed E-state index contributed by atoms with van der Waals surface area (Å²) in [6.45, 7) is 2.52. The molecule has 1 aromatic carbocycles. The average Bonchev–Trinajstić information content (AvgIpc) is 3.40. The summed E-state index contributed by atoms with van der Waals surface area (Å²) >= 11 is 0. The van der Waals surface area contributed by atoms with E-state index in [1.165, 1.54) is 4.90 Å². The summed E-state index contributed by atoms with van der Waals surface area (Å²) in [5, 5.41) is 0. The van der Waals surface area contributed by atoms with Crippen molar-refractivity contribution in [1.82, 2.24) is 9.80 Å². The molecule has 3 aliphatic rings. The maximum atomic E-state index is 13.9. The van der Waals surface area contributed by atoms with E-state index in [-0.39, 0.29) is 48.3 Å². The van der Waals surface area contributed by atoms with Gasteiger partial charge in [0, 0.05) is 37.9 Å². The lowest BCUT2D eigenvalue weighted by atomic mass is 9.75. The van der Waals surface area contributed by atoms with E-state index in [0.29, 0.717) is 24.4 Å². The van der Waals surface area contributed by atoms with Gasteiger partial charge in [0.1, 0.15) is 11.5 Å². The second-order valence-electron chi connectivity index (χ2n) is 9.46. The minimum Gasteiger partial charge on any atom is -0.497 e. The number of hydrogen-bond acceptors (Lipinski definition) is 5. The molecule has 2 heterocycles. The largest absolute Gasteiger partial charge is 0.497 e. The Bertz CT molecular complexity index is 923. The van der Waals surface area contributed by atoms with E-state index < -0.39 is 5.41 Å². The van der Waals surface area contributed by atoms with Gasteiger partial charge in [0.05, 0.1) is 12.5 Å². The average molecular weight is 441 g/mol. The third-order valence-electron chi connectivity index (χ3n) is 7.46. The molecule has 0 aromatic heterocycles. The predicted octanol–water partition coefficient (Wildman–Crippen LogP) is 2.85. The molecule has 4 rings (SSSR count). The Hall–Kier alpha value is -2.70. The van der Waals surface area contributed by atoms with Gasteiger partial charge in [-0.3, -0.25) is 24.1 Å². The van der Waals surface area contributed by atoms with Crippen molar-refractivity contribution in [3.05, 3.63) is 29.8 Å². The fraction of sp³-hybridized carbons (Fsp3) is 0.600. The molecule has 1 aromatic rings. The maximum absolute atomic E-state index is 13.9. The normalized spacial score (nSPS) is 26.6. The van der Waals surface area contributed by atoms with Crippen LogP contribution in [0.25, 0.3) is 0 Å². The topological polar surface area (TPSA) is 84.0 Å². The predicted molar refractivity (Wildman–Crippen MR) is 118 cm³/mol. The SMILES string of the molecule is COc1cccc([C@]2(CC(=O)N3CCC[C@H](C(C)=O)C3)CC(=O)N(C3CCCC3)C2=O)c1. The second kappa shape index (κ2) is 9.04. The van der Waals surface area contributed by atoms with Crippen LogP contribution < -0.4 is 4.74 Å². The van der Waals surface area contributed by atoms with E-state index in [4.69, 9.17) is 4.74 Å². The van der Waals surface area contributed by atoms with E-state index in [2.05, 4.69) is 0 Å². The monoisotopic (exact) mass is 440 g/mol. The molecule has 7 nitrogen and oxygen atoms in total. The Morgan fingerprint density at radius 2 is 1.88 bits per heavy atom. The number of methoxy groups -OCH3 is 1. The van der Waals surface area contributed by atoms with E-state index in [1.54, 1.807) is 37.1 Å². The van der Waals surface area contributed by atoms with Crippen LogP contribution in [-0.2, 0) is 24.6 Å². The highest BCUT2D eigenvalue weighted by Crippen LogP contribution is 2.44. The van der Waals surface area contributed by atoms with Gasteiger partial charge < -0.3 is 9.64 Å². The molecule has 7 heteroatoms. The number of carbonyl (C=O) groups excluding carboxylic acids is 4. The number of rotatable bonds is 6. The summed E-state index contributed by atoms with van der Waals surface area (Å²) in [5.74, 6) is -0.119.